The number of carboxylic acids is 1. The maximum absolute atomic E-state index is 12.3. The molecule has 2 heterocycles. The zero-order valence-corrected chi connectivity index (χ0v) is 10.6. The maximum atomic E-state index is 12.3. The lowest BCUT2D eigenvalue weighted by Crippen LogP contribution is -2.46. The van der Waals surface area contributed by atoms with Crippen LogP contribution in [0.1, 0.15) is 12.8 Å². The first-order valence-electron chi connectivity index (χ1n) is 6.52. The zero-order valence-electron chi connectivity index (χ0n) is 10.6. The van der Waals surface area contributed by atoms with Crippen molar-refractivity contribution in [3.8, 4) is 5.75 Å². The Morgan fingerprint density at radius 2 is 1.75 bits per heavy atom. The normalized spacial score (nSPS) is 31.2. The highest BCUT2D eigenvalue weighted by molar-refractivity contribution is 5.96. The quantitative estimate of drug-likeness (QED) is 0.750. The molecule has 0 unspecified atom stereocenters. The van der Waals surface area contributed by atoms with E-state index in [9.17, 15) is 19.8 Å². The number of aromatic hydroxyl groups is 1. The third-order valence-electron chi connectivity index (χ3n) is 3.98. The number of fused-ring (bicyclic) bond motifs is 2. The predicted octanol–water partition coefficient (Wildman–Crippen LogP) is -0.126. The number of hydrogen-bond donors (Lipinski definition) is 2. The molecule has 0 spiro atoms. The highest BCUT2D eigenvalue weighted by atomic mass is 16.5. The van der Waals surface area contributed by atoms with Gasteiger partial charge in [-0.3, -0.25) is 4.79 Å². The Bertz CT molecular complexity index is 541. The number of phenols is 1. The van der Waals surface area contributed by atoms with Gasteiger partial charge in [-0.15, -0.1) is 0 Å². The molecule has 1 aromatic rings. The number of carbonyl (C=O) groups is 2. The Hall–Kier alpha value is -2.08. The van der Waals surface area contributed by atoms with Crippen molar-refractivity contribution in [1.29, 1.82) is 0 Å². The molecule has 6 heteroatoms. The molecule has 1 aromatic carbocycles. The van der Waals surface area contributed by atoms with E-state index in [4.69, 9.17) is 4.74 Å². The summed E-state index contributed by atoms with van der Waals surface area (Å²) in [4.78, 5) is 23.5. The molecule has 0 aliphatic carbocycles. The van der Waals surface area contributed by atoms with Crippen LogP contribution < -0.4 is 10.4 Å². The second kappa shape index (κ2) is 4.79. The van der Waals surface area contributed by atoms with Crippen molar-refractivity contribution in [3.63, 3.8) is 0 Å². The van der Waals surface area contributed by atoms with Crippen molar-refractivity contribution in [2.24, 2.45) is 11.8 Å². The van der Waals surface area contributed by atoms with Crippen molar-refractivity contribution in [1.82, 2.24) is 0 Å². The molecular weight excluding hydrogens is 262 g/mol. The first kappa shape index (κ1) is 12.9. The van der Waals surface area contributed by atoms with Gasteiger partial charge in [0.05, 0.1) is 18.1 Å². The van der Waals surface area contributed by atoms with Gasteiger partial charge in [-0.05, 0) is 37.1 Å². The van der Waals surface area contributed by atoms with Gasteiger partial charge in [-0.2, -0.15) is 0 Å². The summed E-state index contributed by atoms with van der Waals surface area (Å²) in [7, 11) is 0. The fourth-order valence-corrected chi connectivity index (χ4v) is 3.08. The molecule has 2 fully saturated rings. The summed E-state index contributed by atoms with van der Waals surface area (Å²) >= 11 is 0. The monoisotopic (exact) mass is 276 g/mol. The Labute approximate surface area is 115 Å². The van der Waals surface area contributed by atoms with Gasteiger partial charge in [-0.25, -0.2) is 0 Å². The summed E-state index contributed by atoms with van der Waals surface area (Å²) in [6.07, 6.45) is 0.592. The van der Waals surface area contributed by atoms with Crippen molar-refractivity contribution >= 4 is 17.6 Å². The van der Waals surface area contributed by atoms with E-state index in [1.54, 1.807) is 12.1 Å². The van der Waals surface area contributed by atoms with Gasteiger partial charge in [0.15, 0.2) is 0 Å². The van der Waals surface area contributed by atoms with Crippen LogP contribution in [-0.4, -0.2) is 29.2 Å². The summed E-state index contributed by atoms with van der Waals surface area (Å²) in [6.45, 7) is 0. The number of hydrogen-bond acceptors (Lipinski definition) is 5. The molecular formula is C14H14NO5-. The number of phenolic OH excluding ortho intramolecular Hbond substituents is 1. The number of amides is 1. The summed E-state index contributed by atoms with van der Waals surface area (Å²) < 4.78 is 5.52. The van der Waals surface area contributed by atoms with E-state index in [0.29, 0.717) is 18.5 Å². The molecule has 0 saturated carbocycles. The number of anilines is 1. The van der Waals surface area contributed by atoms with Crippen LogP contribution in [0.5, 0.6) is 5.75 Å². The number of carboxylic acid groups (broad SMARTS) is 1. The van der Waals surface area contributed by atoms with E-state index < -0.39 is 23.9 Å². The number of aliphatic carboxylic acids is 1. The Morgan fingerprint density at radius 3 is 2.35 bits per heavy atom. The molecule has 2 aliphatic rings. The average Bonchev–Trinajstić information content (AvgIpc) is 3.01. The lowest BCUT2D eigenvalue weighted by Gasteiger charge is -2.27. The molecule has 1 amide bonds. The lowest BCUT2D eigenvalue weighted by atomic mass is 9.78. The van der Waals surface area contributed by atoms with Crippen LogP contribution in [0.25, 0.3) is 0 Å². The second-order valence-electron chi connectivity index (χ2n) is 5.20. The molecule has 4 atom stereocenters. The molecule has 3 rings (SSSR count). The summed E-state index contributed by atoms with van der Waals surface area (Å²) in [5.74, 6) is -3.11. The van der Waals surface area contributed by atoms with Crippen molar-refractivity contribution in [2.45, 2.75) is 25.0 Å². The van der Waals surface area contributed by atoms with Gasteiger partial charge >= 0.3 is 0 Å². The van der Waals surface area contributed by atoms with E-state index in [0.717, 1.165) is 0 Å². The van der Waals surface area contributed by atoms with Gasteiger partial charge in [0.2, 0.25) is 5.91 Å². The van der Waals surface area contributed by atoms with Crippen molar-refractivity contribution < 1.29 is 24.5 Å². The number of carbonyl (C=O) groups excluding carboxylic acids is 2. The molecule has 2 N–H and O–H groups in total. The van der Waals surface area contributed by atoms with Crippen LogP contribution in [0, 0.1) is 11.8 Å². The minimum absolute atomic E-state index is 0.0962. The summed E-state index contributed by atoms with van der Waals surface area (Å²) in [6, 6.07) is 6.00. The maximum Gasteiger partial charge on any atom is 0.230 e. The van der Waals surface area contributed by atoms with E-state index in [1.807, 2.05) is 0 Å². The summed E-state index contributed by atoms with van der Waals surface area (Å²) in [5, 5.41) is 23.0. The van der Waals surface area contributed by atoms with E-state index >= 15 is 0 Å². The Balaban J connectivity index is 1.76. The molecule has 106 valence electrons. The van der Waals surface area contributed by atoms with Gasteiger partial charge < -0.3 is 25.1 Å². The predicted molar refractivity (Wildman–Crippen MR) is 66.6 cm³/mol. The van der Waals surface area contributed by atoms with Gasteiger partial charge in [0.25, 0.3) is 0 Å². The zero-order chi connectivity index (χ0) is 14.3. The summed E-state index contributed by atoms with van der Waals surface area (Å²) in [5.41, 5.74) is 0.507. The minimum atomic E-state index is -1.23. The number of benzene rings is 1. The van der Waals surface area contributed by atoms with Gasteiger partial charge in [-0.1, -0.05) is 0 Å². The first-order valence-corrected chi connectivity index (χ1v) is 6.52. The fourth-order valence-electron chi connectivity index (χ4n) is 3.08. The molecule has 2 aliphatic heterocycles. The average molecular weight is 276 g/mol. The fraction of sp³-hybridized carbons (Fsp3) is 0.429. The lowest BCUT2D eigenvalue weighted by molar-refractivity contribution is -0.313. The Morgan fingerprint density at radius 1 is 1.15 bits per heavy atom. The molecule has 0 aromatic heterocycles. The van der Waals surface area contributed by atoms with E-state index in [1.165, 1.54) is 12.1 Å². The topological polar surface area (TPSA) is 98.7 Å². The number of nitrogens with one attached hydrogen (secondary N) is 1. The Kier molecular flexibility index (Phi) is 3.10. The standard InChI is InChI=1S/C14H15NO5/c16-8-3-1-7(2-4-8)15-13(17)11-9-5-6-10(20-9)12(11)14(18)19/h1-4,9-12,16H,5-6H2,(H,15,17)(H,18,19)/p-1/t9-,10+,11-,12+/m1/s1. The van der Waals surface area contributed by atoms with Gasteiger partial charge in [0.1, 0.15) is 5.75 Å². The van der Waals surface area contributed by atoms with E-state index in [-0.39, 0.29) is 17.8 Å². The van der Waals surface area contributed by atoms with Crippen molar-refractivity contribution in [3.05, 3.63) is 24.3 Å². The van der Waals surface area contributed by atoms with Crippen LogP contribution in [0.4, 0.5) is 5.69 Å². The largest absolute Gasteiger partial charge is 0.550 e. The molecule has 6 nitrogen and oxygen atoms in total. The highest BCUT2D eigenvalue weighted by Gasteiger charge is 2.52. The SMILES string of the molecule is O=C([O-])[C@@H]1[C@H](C(=O)Nc2ccc(O)cc2)[C@H]2CC[C@@H]1O2. The van der Waals surface area contributed by atoms with Crippen LogP contribution in [-0.2, 0) is 14.3 Å². The molecule has 0 radical (unpaired) electrons. The van der Waals surface area contributed by atoms with Gasteiger partial charge in [0, 0.05) is 17.6 Å². The first-order chi connectivity index (χ1) is 9.56. The second-order valence-corrected chi connectivity index (χ2v) is 5.20. The number of ether oxygens (including phenoxy) is 1. The minimum Gasteiger partial charge on any atom is -0.550 e. The highest BCUT2D eigenvalue weighted by Crippen LogP contribution is 2.43. The van der Waals surface area contributed by atoms with Crippen LogP contribution in [0.15, 0.2) is 24.3 Å². The molecule has 20 heavy (non-hydrogen) atoms. The van der Waals surface area contributed by atoms with Crippen molar-refractivity contribution in [2.75, 3.05) is 5.32 Å². The molecule has 2 saturated heterocycles. The number of rotatable bonds is 3. The smallest absolute Gasteiger partial charge is 0.230 e. The third kappa shape index (κ3) is 2.12. The molecule has 2 bridgehead atoms. The van der Waals surface area contributed by atoms with Crippen LogP contribution >= 0.6 is 0 Å². The van der Waals surface area contributed by atoms with Crippen LogP contribution in [0.3, 0.4) is 0 Å². The third-order valence-corrected chi connectivity index (χ3v) is 3.98. The van der Waals surface area contributed by atoms with Crippen LogP contribution in [0.2, 0.25) is 0 Å². The van der Waals surface area contributed by atoms with E-state index in [2.05, 4.69) is 5.32 Å².